The van der Waals surface area contributed by atoms with Crippen LogP contribution in [0.15, 0.2) is 30.3 Å². The van der Waals surface area contributed by atoms with Crippen molar-refractivity contribution < 1.29 is 47.5 Å². The SMILES string of the molecule is CCCCCCCCCCCCCCCOCCOCCOCCOCCOCCOCCOCCOC(=O)C(=O)c1ccccc1. The second kappa shape index (κ2) is 35.4. The van der Waals surface area contributed by atoms with Gasteiger partial charge in [0.15, 0.2) is 0 Å². The normalized spacial score (nSPS) is 11.3. The van der Waals surface area contributed by atoms with Crippen LogP contribution in [0.5, 0.6) is 0 Å². The molecule has 0 amide bonds. The number of rotatable bonds is 37. The van der Waals surface area contributed by atoms with Crippen LogP contribution in [-0.4, -0.2) is 111 Å². The van der Waals surface area contributed by atoms with E-state index in [0.717, 1.165) is 13.0 Å². The van der Waals surface area contributed by atoms with Crippen molar-refractivity contribution in [3.8, 4) is 0 Å². The van der Waals surface area contributed by atoms with Gasteiger partial charge in [-0.1, -0.05) is 114 Å². The van der Waals surface area contributed by atoms with Gasteiger partial charge in [0.2, 0.25) is 0 Å². The Balaban J connectivity index is 1.66. The molecule has 0 aliphatic rings. The molecule has 1 aromatic carbocycles. The number of Topliss-reactive ketones (excluding diaryl/α,β-unsaturated/α-hetero) is 1. The van der Waals surface area contributed by atoms with Crippen LogP contribution in [0.4, 0.5) is 0 Å². The molecule has 0 heterocycles. The maximum absolute atomic E-state index is 11.9. The number of esters is 1. The lowest BCUT2D eigenvalue weighted by atomic mass is 10.0. The molecule has 10 nitrogen and oxygen atoms in total. The van der Waals surface area contributed by atoms with Crippen molar-refractivity contribution in [2.75, 3.05) is 99.1 Å². The highest BCUT2D eigenvalue weighted by atomic mass is 16.6. The van der Waals surface area contributed by atoms with E-state index in [0.29, 0.717) is 84.8 Å². The van der Waals surface area contributed by atoms with Gasteiger partial charge in [0.1, 0.15) is 6.61 Å². The van der Waals surface area contributed by atoms with Crippen molar-refractivity contribution in [1.29, 1.82) is 0 Å². The van der Waals surface area contributed by atoms with E-state index >= 15 is 0 Å². The van der Waals surface area contributed by atoms with Gasteiger partial charge in [-0.05, 0) is 6.42 Å². The molecule has 47 heavy (non-hydrogen) atoms. The Kier molecular flexibility index (Phi) is 32.5. The van der Waals surface area contributed by atoms with E-state index in [2.05, 4.69) is 6.92 Å². The van der Waals surface area contributed by atoms with Crippen LogP contribution in [0, 0.1) is 0 Å². The largest absolute Gasteiger partial charge is 0.457 e. The third kappa shape index (κ3) is 29.9. The Bertz CT molecular complexity index is 808. The van der Waals surface area contributed by atoms with Gasteiger partial charge in [-0.2, -0.15) is 0 Å². The summed E-state index contributed by atoms with van der Waals surface area (Å²) in [6.45, 7) is 9.28. The van der Waals surface area contributed by atoms with Gasteiger partial charge in [0.05, 0.1) is 85.9 Å². The Morgan fingerprint density at radius 2 is 0.723 bits per heavy atom. The van der Waals surface area contributed by atoms with Crippen LogP contribution in [0.2, 0.25) is 0 Å². The number of benzene rings is 1. The van der Waals surface area contributed by atoms with Crippen molar-refractivity contribution in [3.63, 3.8) is 0 Å². The average Bonchev–Trinajstić information content (AvgIpc) is 3.10. The van der Waals surface area contributed by atoms with E-state index in [1.807, 2.05) is 0 Å². The smallest absolute Gasteiger partial charge is 0.379 e. The van der Waals surface area contributed by atoms with E-state index < -0.39 is 11.8 Å². The Labute approximate surface area is 284 Å². The van der Waals surface area contributed by atoms with Gasteiger partial charge < -0.3 is 37.9 Å². The molecule has 0 spiro atoms. The van der Waals surface area contributed by atoms with E-state index in [9.17, 15) is 9.59 Å². The molecule has 0 saturated heterocycles. The van der Waals surface area contributed by atoms with E-state index in [-0.39, 0.29) is 13.2 Å². The minimum absolute atomic E-state index is 0.00831. The summed E-state index contributed by atoms with van der Waals surface area (Å²) in [5, 5.41) is 0. The van der Waals surface area contributed by atoms with Gasteiger partial charge in [0.25, 0.3) is 5.78 Å². The summed E-state index contributed by atoms with van der Waals surface area (Å²) in [5.74, 6) is -1.55. The Morgan fingerprint density at radius 3 is 1.11 bits per heavy atom. The second-order valence-corrected chi connectivity index (χ2v) is 11.4. The highest BCUT2D eigenvalue weighted by Crippen LogP contribution is 2.12. The van der Waals surface area contributed by atoms with Crippen LogP contribution in [0.1, 0.15) is 101 Å². The third-order valence-electron chi connectivity index (χ3n) is 7.31. The van der Waals surface area contributed by atoms with E-state index in [1.54, 1.807) is 30.3 Å². The fourth-order valence-electron chi connectivity index (χ4n) is 4.61. The fourth-order valence-corrected chi connectivity index (χ4v) is 4.61. The molecule has 0 radical (unpaired) electrons. The van der Waals surface area contributed by atoms with Gasteiger partial charge in [-0.25, -0.2) is 4.79 Å². The van der Waals surface area contributed by atoms with E-state index in [4.69, 9.17) is 37.9 Å². The minimum atomic E-state index is -0.888. The monoisotopic (exact) mass is 668 g/mol. The number of unbranched alkanes of at least 4 members (excludes halogenated alkanes) is 12. The molecule has 0 saturated carbocycles. The molecule has 1 rings (SSSR count). The minimum Gasteiger partial charge on any atom is -0.457 e. The molecule has 0 unspecified atom stereocenters. The molecule has 0 aliphatic heterocycles. The summed E-state index contributed by atoms with van der Waals surface area (Å²) in [4.78, 5) is 23.6. The molecule has 1 aromatic rings. The number of carbonyl (C=O) groups excluding carboxylic acids is 2. The molecule has 0 aromatic heterocycles. The lowest BCUT2D eigenvalue weighted by molar-refractivity contribution is -0.139. The zero-order chi connectivity index (χ0) is 33.7. The fraction of sp³-hybridized carbons (Fsp3) is 0.784. The molecule has 0 N–H and O–H groups in total. The number of carbonyl (C=O) groups is 2. The lowest BCUT2D eigenvalue weighted by Gasteiger charge is -2.09. The Morgan fingerprint density at radius 1 is 0.404 bits per heavy atom. The van der Waals surface area contributed by atoms with Gasteiger partial charge >= 0.3 is 5.97 Å². The van der Waals surface area contributed by atoms with Crippen molar-refractivity contribution in [1.82, 2.24) is 0 Å². The number of ketones is 1. The first-order valence-electron chi connectivity index (χ1n) is 18.1. The molecular weight excluding hydrogens is 604 g/mol. The van der Waals surface area contributed by atoms with Gasteiger partial charge in [-0.3, -0.25) is 4.79 Å². The summed E-state index contributed by atoms with van der Waals surface area (Å²) in [6.07, 6.45) is 17.7. The zero-order valence-electron chi connectivity index (χ0n) is 29.3. The predicted octanol–water partition coefficient (Wildman–Crippen LogP) is 6.62. The number of ether oxygens (including phenoxy) is 8. The molecule has 0 fully saturated rings. The van der Waals surface area contributed by atoms with Crippen LogP contribution < -0.4 is 0 Å². The highest BCUT2D eigenvalue weighted by molar-refractivity contribution is 6.40. The number of hydrogen-bond acceptors (Lipinski definition) is 10. The molecule has 0 aliphatic carbocycles. The van der Waals surface area contributed by atoms with Crippen molar-refractivity contribution in [2.24, 2.45) is 0 Å². The lowest BCUT2D eigenvalue weighted by Crippen LogP contribution is -2.20. The standard InChI is InChI=1S/C37H64O10/c1-2-3-4-5-6-7-8-9-10-11-12-13-17-20-40-21-22-41-23-24-42-25-26-43-27-28-44-29-30-45-31-32-46-33-34-47-37(39)36(38)35-18-15-14-16-19-35/h14-16,18-19H,2-13,17,20-34H2,1H3. The summed E-state index contributed by atoms with van der Waals surface area (Å²) in [6, 6.07) is 8.29. The molecule has 10 heteroatoms. The summed E-state index contributed by atoms with van der Waals surface area (Å²) < 4.78 is 43.4. The van der Waals surface area contributed by atoms with Crippen molar-refractivity contribution >= 4 is 11.8 Å². The quantitative estimate of drug-likeness (QED) is 0.0332. The zero-order valence-corrected chi connectivity index (χ0v) is 29.3. The summed E-state index contributed by atoms with van der Waals surface area (Å²) in [5.41, 5.74) is 0.304. The first kappa shape index (κ1) is 43.1. The van der Waals surface area contributed by atoms with Crippen molar-refractivity contribution in [2.45, 2.75) is 90.4 Å². The van der Waals surface area contributed by atoms with Gasteiger partial charge in [-0.15, -0.1) is 0 Å². The first-order valence-corrected chi connectivity index (χ1v) is 18.1. The molecule has 0 bridgehead atoms. The van der Waals surface area contributed by atoms with Gasteiger partial charge in [0, 0.05) is 12.2 Å². The first-order chi connectivity index (χ1) is 23.3. The summed E-state index contributed by atoms with van der Waals surface area (Å²) >= 11 is 0. The molecule has 0 atom stereocenters. The van der Waals surface area contributed by atoms with E-state index in [1.165, 1.54) is 77.0 Å². The second-order valence-electron chi connectivity index (χ2n) is 11.4. The van der Waals surface area contributed by atoms with Crippen LogP contribution in [0.25, 0.3) is 0 Å². The topological polar surface area (TPSA) is 108 Å². The maximum Gasteiger partial charge on any atom is 0.379 e. The average molecular weight is 669 g/mol. The number of hydrogen-bond donors (Lipinski definition) is 0. The van der Waals surface area contributed by atoms with Crippen LogP contribution in [0.3, 0.4) is 0 Å². The summed E-state index contributed by atoms with van der Waals surface area (Å²) in [7, 11) is 0. The van der Waals surface area contributed by atoms with Crippen molar-refractivity contribution in [3.05, 3.63) is 35.9 Å². The predicted molar refractivity (Wildman–Crippen MR) is 183 cm³/mol. The maximum atomic E-state index is 11.9. The third-order valence-corrected chi connectivity index (χ3v) is 7.31. The molecular formula is C37H64O10. The Hall–Kier alpha value is -1.92. The van der Waals surface area contributed by atoms with Crippen LogP contribution in [-0.2, 0) is 42.7 Å². The van der Waals surface area contributed by atoms with Crippen LogP contribution >= 0.6 is 0 Å². The molecule has 272 valence electrons. The highest BCUT2D eigenvalue weighted by Gasteiger charge is 2.17.